The number of hydrogen-bond donors (Lipinski definition) is 1. The van der Waals surface area contributed by atoms with Gasteiger partial charge in [0.05, 0.1) is 21.3 Å². The molecule has 0 aliphatic heterocycles. The van der Waals surface area contributed by atoms with Crippen LogP contribution in [0, 0.1) is 0 Å². The zero-order chi connectivity index (χ0) is 15.1. The molecule has 110 valence electrons. The van der Waals surface area contributed by atoms with E-state index in [-0.39, 0.29) is 24.6 Å². The highest BCUT2D eigenvalue weighted by Gasteiger charge is 2.15. The Bertz CT molecular complexity index is 499. The molecule has 0 aliphatic carbocycles. The second-order valence-corrected chi connectivity index (χ2v) is 4.15. The van der Waals surface area contributed by atoms with Gasteiger partial charge in [0, 0.05) is 30.2 Å². The van der Waals surface area contributed by atoms with Gasteiger partial charge in [-0.2, -0.15) is 0 Å². The Morgan fingerprint density at radius 1 is 1.05 bits per heavy atom. The molecule has 1 aromatic carbocycles. The molecule has 2 N–H and O–H groups in total. The maximum absolute atomic E-state index is 12.1. The third-order valence-corrected chi connectivity index (χ3v) is 2.87. The number of anilines is 1. The van der Waals surface area contributed by atoms with Crippen LogP contribution in [0.4, 0.5) is 5.69 Å². The summed E-state index contributed by atoms with van der Waals surface area (Å²) in [6.07, 6.45) is 0.837. The molecule has 0 aromatic heterocycles. The first kappa shape index (κ1) is 15.8. The molecule has 0 spiro atoms. The fraction of sp³-hybridized carbons (Fsp3) is 0.429. The molecule has 6 heteroatoms. The van der Waals surface area contributed by atoms with Gasteiger partial charge in [0.1, 0.15) is 0 Å². The predicted octanol–water partition coefficient (Wildman–Crippen LogP) is 1.81. The fourth-order valence-corrected chi connectivity index (χ4v) is 1.77. The lowest BCUT2D eigenvalue weighted by Gasteiger charge is -2.11. The third kappa shape index (κ3) is 3.88. The van der Waals surface area contributed by atoms with Crippen molar-refractivity contribution in [1.82, 2.24) is 0 Å². The molecule has 0 radical (unpaired) electrons. The molecule has 0 saturated heterocycles. The predicted molar refractivity (Wildman–Crippen MR) is 74.2 cm³/mol. The SMILES string of the molecule is COC(=O)CCCC(=O)c1cc(OC)c(OC)cc1N. The van der Waals surface area contributed by atoms with E-state index in [4.69, 9.17) is 15.2 Å². The summed E-state index contributed by atoms with van der Waals surface area (Å²) in [4.78, 5) is 23.1. The summed E-state index contributed by atoms with van der Waals surface area (Å²) in [6, 6.07) is 3.10. The molecule has 0 aliphatic rings. The van der Waals surface area contributed by atoms with Gasteiger partial charge in [-0.25, -0.2) is 0 Å². The number of benzene rings is 1. The normalized spacial score (nSPS) is 9.95. The zero-order valence-corrected chi connectivity index (χ0v) is 11.9. The molecule has 1 rings (SSSR count). The maximum atomic E-state index is 12.1. The number of rotatable bonds is 7. The molecule has 0 saturated carbocycles. The van der Waals surface area contributed by atoms with Crippen molar-refractivity contribution in [3.05, 3.63) is 17.7 Å². The first-order chi connectivity index (χ1) is 9.53. The molecule has 0 unspecified atom stereocenters. The van der Waals surface area contributed by atoms with Crippen molar-refractivity contribution < 1.29 is 23.8 Å². The van der Waals surface area contributed by atoms with Crippen LogP contribution in [0.1, 0.15) is 29.6 Å². The summed E-state index contributed by atoms with van der Waals surface area (Å²) in [6.45, 7) is 0. The second kappa shape index (κ2) is 7.37. The fourth-order valence-electron chi connectivity index (χ4n) is 1.77. The van der Waals surface area contributed by atoms with E-state index >= 15 is 0 Å². The minimum atomic E-state index is -0.335. The van der Waals surface area contributed by atoms with Crippen molar-refractivity contribution in [3.8, 4) is 11.5 Å². The molecule has 1 aromatic rings. The van der Waals surface area contributed by atoms with E-state index < -0.39 is 0 Å². The standard InChI is InChI=1S/C14H19NO5/c1-18-12-7-9(10(15)8-13(12)19-2)11(16)5-4-6-14(17)20-3/h7-8H,4-6,15H2,1-3H3. The Labute approximate surface area is 117 Å². The minimum absolute atomic E-state index is 0.146. The number of carbonyl (C=O) groups is 2. The quantitative estimate of drug-likeness (QED) is 0.466. The van der Waals surface area contributed by atoms with Crippen molar-refractivity contribution in [2.75, 3.05) is 27.1 Å². The summed E-state index contributed by atoms with van der Waals surface area (Å²) in [7, 11) is 4.30. The number of nitrogens with two attached hydrogens (primary N) is 1. The van der Waals surface area contributed by atoms with Crippen LogP contribution in [-0.4, -0.2) is 33.1 Å². The Hall–Kier alpha value is -2.24. The van der Waals surface area contributed by atoms with Crippen LogP contribution in [0.25, 0.3) is 0 Å². The van der Waals surface area contributed by atoms with Gasteiger partial charge in [0.2, 0.25) is 0 Å². The third-order valence-electron chi connectivity index (χ3n) is 2.87. The summed E-state index contributed by atoms with van der Waals surface area (Å²) in [5.74, 6) is 0.430. The highest BCUT2D eigenvalue weighted by Crippen LogP contribution is 2.32. The van der Waals surface area contributed by atoms with Crippen molar-refractivity contribution in [2.45, 2.75) is 19.3 Å². The van der Waals surface area contributed by atoms with Gasteiger partial charge in [0.15, 0.2) is 17.3 Å². The van der Waals surface area contributed by atoms with Gasteiger partial charge in [-0.1, -0.05) is 0 Å². The maximum Gasteiger partial charge on any atom is 0.305 e. The topological polar surface area (TPSA) is 87.9 Å². The summed E-state index contributed by atoms with van der Waals surface area (Å²) >= 11 is 0. The Morgan fingerprint density at radius 3 is 2.20 bits per heavy atom. The molecule has 20 heavy (non-hydrogen) atoms. The molecule has 0 bridgehead atoms. The van der Waals surface area contributed by atoms with E-state index in [9.17, 15) is 9.59 Å². The van der Waals surface area contributed by atoms with E-state index in [0.29, 0.717) is 29.2 Å². The Balaban J connectivity index is 2.80. The van der Waals surface area contributed by atoms with Crippen molar-refractivity contribution >= 4 is 17.4 Å². The summed E-state index contributed by atoms with van der Waals surface area (Å²) in [5.41, 5.74) is 6.52. The average molecular weight is 281 g/mol. The highest BCUT2D eigenvalue weighted by molar-refractivity contribution is 6.01. The number of hydrogen-bond acceptors (Lipinski definition) is 6. The molecule has 0 heterocycles. The molecule has 0 amide bonds. The summed E-state index contributed by atoms with van der Waals surface area (Å²) < 4.78 is 14.8. The van der Waals surface area contributed by atoms with Crippen LogP contribution < -0.4 is 15.2 Å². The van der Waals surface area contributed by atoms with Gasteiger partial charge in [-0.3, -0.25) is 9.59 Å². The Kier molecular flexibility index (Phi) is 5.83. The van der Waals surface area contributed by atoms with Gasteiger partial charge in [-0.15, -0.1) is 0 Å². The molecular weight excluding hydrogens is 262 g/mol. The monoisotopic (exact) mass is 281 g/mol. The van der Waals surface area contributed by atoms with Gasteiger partial charge >= 0.3 is 5.97 Å². The minimum Gasteiger partial charge on any atom is -0.493 e. The first-order valence-corrected chi connectivity index (χ1v) is 6.15. The number of ether oxygens (including phenoxy) is 3. The van der Waals surface area contributed by atoms with Crippen LogP contribution in [-0.2, 0) is 9.53 Å². The van der Waals surface area contributed by atoms with Gasteiger partial charge in [-0.05, 0) is 12.5 Å². The zero-order valence-electron chi connectivity index (χ0n) is 11.9. The van der Waals surface area contributed by atoms with Crippen molar-refractivity contribution in [3.63, 3.8) is 0 Å². The number of Topliss-reactive ketones (excluding diaryl/α,β-unsaturated/α-hetero) is 1. The largest absolute Gasteiger partial charge is 0.493 e. The Morgan fingerprint density at radius 2 is 1.65 bits per heavy atom. The van der Waals surface area contributed by atoms with E-state index in [1.807, 2.05) is 0 Å². The number of ketones is 1. The smallest absolute Gasteiger partial charge is 0.305 e. The lowest BCUT2D eigenvalue weighted by Crippen LogP contribution is -2.07. The van der Waals surface area contributed by atoms with Gasteiger partial charge in [0.25, 0.3) is 0 Å². The lowest BCUT2D eigenvalue weighted by atomic mass is 10.0. The molecular formula is C14H19NO5. The second-order valence-electron chi connectivity index (χ2n) is 4.15. The molecule has 0 fully saturated rings. The van der Waals surface area contributed by atoms with E-state index in [1.165, 1.54) is 21.3 Å². The van der Waals surface area contributed by atoms with E-state index in [2.05, 4.69) is 4.74 Å². The van der Waals surface area contributed by atoms with Crippen LogP contribution in [0.5, 0.6) is 11.5 Å². The molecule has 0 atom stereocenters. The number of carbonyl (C=O) groups excluding carboxylic acids is 2. The summed E-state index contributed by atoms with van der Waals surface area (Å²) in [5, 5.41) is 0. The first-order valence-electron chi connectivity index (χ1n) is 6.15. The van der Waals surface area contributed by atoms with E-state index in [1.54, 1.807) is 12.1 Å². The highest BCUT2D eigenvalue weighted by atomic mass is 16.5. The lowest BCUT2D eigenvalue weighted by molar-refractivity contribution is -0.140. The average Bonchev–Trinajstić information content (AvgIpc) is 2.46. The van der Waals surface area contributed by atoms with Crippen molar-refractivity contribution in [2.24, 2.45) is 0 Å². The van der Waals surface area contributed by atoms with Crippen molar-refractivity contribution in [1.29, 1.82) is 0 Å². The van der Waals surface area contributed by atoms with Crippen LogP contribution in [0.3, 0.4) is 0 Å². The number of nitrogen functional groups attached to an aromatic ring is 1. The van der Waals surface area contributed by atoms with Crippen LogP contribution in [0.2, 0.25) is 0 Å². The van der Waals surface area contributed by atoms with Crippen LogP contribution >= 0.6 is 0 Å². The molecule has 6 nitrogen and oxygen atoms in total. The van der Waals surface area contributed by atoms with Crippen LogP contribution in [0.15, 0.2) is 12.1 Å². The van der Waals surface area contributed by atoms with Gasteiger partial charge < -0.3 is 19.9 Å². The number of methoxy groups -OCH3 is 3. The number of esters is 1. The van der Waals surface area contributed by atoms with E-state index in [0.717, 1.165) is 0 Å².